The van der Waals surface area contributed by atoms with Gasteiger partial charge in [-0.2, -0.15) is 0 Å². The molecule has 0 saturated heterocycles. The zero-order chi connectivity index (χ0) is 11.1. The van der Waals surface area contributed by atoms with Crippen molar-refractivity contribution in [2.75, 3.05) is 13.2 Å². The Bertz CT molecular complexity index is 273. The zero-order valence-electron chi connectivity index (χ0n) is 9.08. The molecule has 1 atom stereocenters. The molecule has 2 nitrogen and oxygen atoms in total. The third kappa shape index (κ3) is 4.40. The molecule has 0 aliphatic heterocycles. The summed E-state index contributed by atoms with van der Waals surface area (Å²) >= 11 is 0. The minimum atomic E-state index is -0.222. The highest BCUT2D eigenvalue weighted by atomic mass is 19.1. The molecule has 0 spiro atoms. The first kappa shape index (κ1) is 12.1. The molecule has 0 heterocycles. The Kier molecular flexibility index (Phi) is 5.29. The van der Waals surface area contributed by atoms with Gasteiger partial charge in [-0.3, -0.25) is 0 Å². The van der Waals surface area contributed by atoms with Crippen molar-refractivity contribution in [2.45, 2.75) is 25.8 Å². The number of hydrogen-bond donors (Lipinski definition) is 1. The number of nitrogens with two attached hydrogens (primary N) is 1. The Balaban J connectivity index is 2.33. The molecule has 0 fully saturated rings. The van der Waals surface area contributed by atoms with Gasteiger partial charge in [-0.1, -0.05) is 12.1 Å². The van der Waals surface area contributed by atoms with Gasteiger partial charge in [-0.15, -0.1) is 0 Å². The molecule has 0 amide bonds. The summed E-state index contributed by atoms with van der Waals surface area (Å²) in [6.07, 6.45) is 1.80. The normalized spacial score (nSPS) is 12.7. The average Bonchev–Trinajstić information content (AvgIpc) is 2.25. The van der Waals surface area contributed by atoms with E-state index in [1.54, 1.807) is 12.1 Å². The average molecular weight is 211 g/mol. The quantitative estimate of drug-likeness (QED) is 0.734. The van der Waals surface area contributed by atoms with E-state index in [-0.39, 0.29) is 11.9 Å². The maximum Gasteiger partial charge on any atom is 0.123 e. The SMILES string of the molecule is CCOCCCC(N)c1ccc(F)cc1. The molecule has 0 bridgehead atoms. The zero-order valence-corrected chi connectivity index (χ0v) is 9.08. The topological polar surface area (TPSA) is 35.2 Å². The molecule has 0 aliphatic carbocycles. The van der Waals surface area contributed by atoms with Crippen LogP contribution in [-0.2, 0) is 4.74 Å². The van der Waals surface area contributed by atoms with Crippen molar-refractivity contribution in [2.24, 2.45) is 5.73 Å². The van der Waals surface area contributed by atoms with Gasteiger partial charge in [-0.05, 0) is 37.5 Å². The van der Waals surface area contributed by atoms with E-state index in [1.807, 2.05) is 6.92 Å². The third-order valence-corrected chi connectivity index (χ3v) is 2.31. The summed E-state index contributed by atoms with van der Waals surface area (Å²) in [5.41, 5.74) is 6.93. The lowest BCUT2D eigenvalue weighted by Gasteiger charge is -2.11. The van der Waals surface area contributed by atoms with Gasteiger partial charge in [0.25, 0.3) is 0 Å². The number of ether oxygens (including phenoxy) is 1. The third-order valence-electron chi connectivity index (χ3n) is 2.31. The first-order valence-corrected chi connectivity index (χ1v) is 5.33. The van der Waals surface area contributed by atoms with E-state index in [2.05, 4.69) is 0 Å². The van der Waals surface area contributed by atoms with Crippen molar-refractivity contribution in [3.05, 3.63) is 35.6 Å². The van der Waals surface area contributed by atoms with Gasteiger partial charge in [0, 0.05) is 19.3 Å². The highest BCUT2D eigenvalue weighted by Crippen LogP contribution is 2.15. The lowest BCUT2D eigenvalue weighted by Crippen LogP contribution is -2.11. The predicted octanol–water partition coefficient (Wildman–Crippen LogP) is 2.64. The van der Waals surface area contributed by atoms with Crippen LogP contribution in [0.2, 0.25) is 0 Å². The largest absolute Gasteiger partial charge is 0.382 e. The van der Waals surface area contributed by atoms with E-state index in [1.165, 1.54) is 12.1 Å². The summed E-state index contributed by atoms with van der Waals surface area (Å²) in [6, 6.07) is 6.34. The predicted molar refractivity (Wildman–Crippen MR) is 59.1 cm³/mol. The molecule has 3 heteroatoms. The summed E-state index contributed by atoms with van der Waals surface area (Å²) in [5, 5.41) is 0. The molecule has 2 N–H and O–H groups in total. The molecule has 15 heavy (non-hydrogen) atoms. The van der Waals surface area contributed by atoms with Crippen LogP contribution in [0.25, 0.3) is 0 Å². The highest BCUT2D eigenvalue weighted by molar-refractivity contribution is 5.19. The van der Waals surface area contributed by atoms with Crippen LogP contribution in [0.1, 0.15) is 31.4 Å². The van der Waals surface area contributed by atoms with E-state index >= 15 is 0 Å². The van der Waals surface area contributed by atoms with Gasteiger partial charge in [0.1, 0.15) is 5.82 Å². The smallest absolute Gasteiger partial charge is 0.123 e. The number of rotatable bonds is 6. The Morgan fingerprint density at radius 2 is 2.00 bits per heavy atom. The molecule has 84 valence electrons. The fourth-order valence-corrected chi connectivity index (χ4v) is 1.43. The summed E-state index contributed by atoms with van der Waals surface area (Å²) in [6.45, 7) is 3.46. The van der Waals surface area contributed by atoms with Gasteiger partial charge >= 0.3 is 0 Å². The molecular formula is C12H18FNO. The molecule has 1 aromatic carbocycles. The van der Waals surface area contributed by atoms with Crippen molar-refractivity contribution in [3.63, 3.8) is 0 Å². The second-order valence-electron chi connectivity index (χ2n) is 3.50. The minimum absolute atomic E-state index is 0.0222. The van der Waals surface area contributed by atoms with Crippen LogP contribution in [-0.4, -0.2) is 13.2 Å². The molecule has 0 aromatic heterocycles. The highest BCUT2D eigenvalue weighted by Gasteiger charge is 2.05. The van der Waals surface area contributed by atoms with Crippen LogP contribution in [0.3, 0.4) is 0 Å². The maximum atomic E-state index is 12.6. The van der Waals surface area contributed by atoms with Crippen LogP contribution in [0.4, 0.5) is 4.39 Å². The molecule has 1 unspecified atom stereocenters. The minimum Gasteiger partial charge on any atom is -0.382 e. The standard InChI is InChI=1S/C12H18FNO/c1-2-15-9-3-4-12(14)10-5-7-11(13)8-6-10/h5-8,12H,2-4,9,14H2,1H3. The van der Waals surface area contributed by atoms with Crippen molar-refractivity contribution >= 4 is 0 Å². The summed E-state index contributed by atoms with van der Waals surface area (Å²) in [5.74, 6) is -0.222. The summed E-state index contributed by atoms with van der Waals surface area (Å²) in [7, 11) is 0. The first-order chi connectivity index (χ1) is 7.24. The van der Waals surface area contributed by atoms with E-state index in [4.69, 9.17) is 10.5 Å². The van der Waals surface area contributed by atoms with Crippen LogP contribution < -0.4 is 5.73 Å². The lowest BCUT2D eigenvalue weighted by atomic mass is 10.0. The van der Waals surface area contributed by atoms with Gasteiger partial charge < -0.3 is 10.5 Å². The van der Waals surface area contributed by atoms with Crippen LogP contribution in [0.5, 0.6) is 0 Å². The molecule has 1 rings (SSSR count). The molecule has 0 saturated carbocycles. The van der Waals surface area contributed by atoms with Gasteiger partial charge in [0.15, 0.2) is 0 Å². The maximum absolute atomic E-state index is 12.6. The van der Waals surface area contributed by atoms with E-state index in [0.29, 0.717) is 0 Å². The second-order valence-corrected chi connectivity index (χ2v) is 3.50. The van der Waals surface area contributed by atoms with E-state index in [9.17, 15) is 4.39 Å². The van der Waals surface area contributed by atoms with Crippen LogP contribution in [0, 0.1) is 5.82 Å². The number of benzene rings is 1. The van der Waals surface area contributed by atoms with Crippen molar-refractivity contribution in [3.8, 4) is 0 Å². The van der Waals surface area contributed by atoms with Crippen molar-refractivity contribution < 1.29 is 9.13 Å². The van der Waals surface area contributed by atoms with Gasteiger partial charge in [0.05, 0.1) is 0 Å². The molecule has 0 aliphatic rings. The first-order valence-electron chi connectivity index (χ1n) is 5.33. The summed E-state index contributed by atoms with van der Waals surface area (Å²) in [4.78, 5) is 0. The van der Waals surface area contributed by atoms with Crippen LogP contribution in [0.15, 0.2) is 24.3 Å². The lowest BCUT2D eigenvalue weighted by molar-refractivity contribution is 0.142. The van der Waals surface area contributed by atoms with Gasteiger partial charge in [0.2, 0.25) is 0 Å². The van der Waals surface area contributed by atoms with Gasteiger partial charge in [-0.25, -0.2) is 4.39 Å². The number of halogens is 1. The Hall–Kier alpha value is -0.930. The molecular weight excluding hydrogens is 193 g/mol. The van der Waals surface area contributed by atoms with Crippen LogP contribution >= 0.6 is 0 Å². The summed E-state index contributed by atoms with van der Waals surface area (Å²) < 4.78 is 17.9. The van der Waals surface area contributed by atoms with E-state index in [0.717, 1.165) is 31.6 Å². The Labute approximate surface area is 90.2 Å². The Morgan fingerprint density at radius 3 is 2.60 bits per heavy atom. The van der Waals surface area contributed by atoms with Crippen molar-refractivity contribution in [1.29, 1.82) is 0 Å². The molecule has 0 radical (unpaired) electrons. The number of hydrogen-bond acceptors (Lipinski definition) is 2. The van der Waals surface area contributed by atoms with E-state index < -0.39 is 0 Å². The monoisotopic (exact) mass is 211 g/mol. The fraction of sp³-hybridized carbons (Fsp3) is 0.500. The molecule has 1 aromatic rings. The van der Waals surface area contributed by atoms with Crippen molar-refractivity contribution in [1.82, 2.24) is 0 Å². The fourth-order valence-electron chi connectivity index (χ4n) is 1.43. The Morgan fingerprint density at radius 1 is 1.33 bits per heavy atom. The second kappa shape index (κ2) is 6.53.